The fourth-order valence-corrected chi connectivity index (χ4v) is 2.07. The Bertz CT molecular complexity index is 1020. The number of hydrogen-bond donors (Lipinski definition) is 1. The molecule has 1 radical (unpaired) electrons. The SMILES string of the molecule is O=C(/C=C(\O)C(F)(F)F)C(F)(F)F.[Ir].[c-]1ccccc1-c1cc2ccccc2cn1. The summed E-state index contributed by atoms with van der Waals surface area (Å²) in [6.45, 7) is 0. The van der Waals surface area contributed by atoms with Gasteiger partial charge >= 0.3 is 12.4 Å². The van der Waals surface area contributed by atoms with Gasteiger partial charge in [-0.05, 0) is 16.5 Å². The molecular weight excluding hydrogens is 592 g/mol. The Hall–Kier alpha value is -2.71. The normalized spacial score (nSPS) is 11.9. The van der Waals surface area contributed by atoms with Crippen molar-refractivity contribution >= 4 is 16.6 Å². The molecule has 0 bridgehead atoms. The summed E-state index contributed by atoms with van der Waals surface area (Å²) < 4.78 is 68.1. The number of nitrogens with zero attached hydrogens (tertiary/aromatic N) is 1. The van der Waals surface area contributed by atoms with Crippen LogP contribution in [0.2, 0.25) is 0 Å². The standard InChI is InChI=1S/C15H10N.C5H2F6O2.Ir/c1-2-6-12(7-3-1)15-10-13-8-4-5-9-14(13)11-16-15;6-4(7,8)2(12)1-3(13)5(9,10)11;/h1-6,8-11H;1,12H;/q-1;;/b;2-1-;. The minimum Gasteiger partial charge on any atom is -0.504 e. The molecule has 0 unspecified atom stereocenters. The van der Waals surface area contributed by atoms with Crippen molar-refractivity contribution in [2.75, 3.05) is 0 Å². The van der Waals surface area contributed by atoms with E-state index in [9.17, 15) is 31.1 Å². The number of pyridine rings is 1. The molecule has 0 spiro atoms. The molecule has 0 saturated heterocycles. The van der Waals surface area contributed by atoms with Crippen LogP contribution in [0.3, 0.4) is 0 Å². The molecule has 0 aliphatic rings. The molecule has 0 aliphatic heterocycles. The molecule has 2 aromatic carbocycles. The average Bonchev–Trinajstić information content (AvgIpc) is 2.67. The molecule has 0 fully saturated rings. The number of fused-ring (bicyclic) bond motifs is 1. The van der Waals surface area contributed by atoms with Gasteiger partial charge in [0.2, 0.25) is 5.76 Å². The van der Waals surface area contributed by atoms with E-state index >= 15 is 0 Å². The van der Waals surface area contributed by atoms with Gasteiger partial charge in [0.25, 0.3) is 5.78 Å². The monoisotopic (exact) mass is 605 g/mol. The molecular formula is C20H12F6IrNO2-. The zero-order valence-corrected chi connectivity index (χ0v) is 17.1. The Kier molecular flexibility index (Phi) is 8.74. The summed E-state index contributed by atoms with van der Waals surface area (Å²) in [5.41, 5.74) is 2.01. The topological polar surface area (TPSA) is 50.2 Å². The molecule has 30 heavy (non-hydrogen) atoms. The molecule has 1 aromatic heterocycles. The first-order valence-corrected chi connectivity index (χ1v) is 7.89. The Morgan fingerprint density at radius 1 is 0.933 bits per heavy atom. The minimum absolute atomic E-state index is 0. The van der Waals surface area contributed by atoms with E-state index in [1.54, 1.807) is 0 Å². The second kappa shape index (κ2) is 10.4. The Morgan fingerprint density at radius 3 is 2.07 bits per heavy atom. The fraction of sp³-hybridized carbons (Fsp3) is 0.100. The van der Waals surface area contributed by atoms with E-state index in [-0.39, 0.29) is 20.1 Å². The number of rotatable bonds is 2. The number of ketones is 1. The first-order valence-electron chi connectivity index (χ1n) is 7.89. The molecule has 1 heterocycles. The van der Waals surface area contributed by atoms with E-state index < -0.39 is 30.0 Å². The third-order valence-electron chi connectivity index (χ3n) is 3.45. The quantitative estimate of drug-likeness (QED) is 0.174. The van der Waals surface area contributed by atoms with E-state index in [1.807, 2.05) is 42.6 Å². The maximum Gasteiger partial charge on any atom is 0.454 e. The smallest absolute Gasteiger partial charge is 0.454 e. The van der Waals surface area contributed by atoms with Gasteiger partial charge in [-0.1, -0.05) is 30.3 Å². The van der Waals surface area contributed by atoms with Gasteiger partial charge in [-0.25, -0.2) is 0 Å². The van der Waals surface area contributed by atoms with Gasteiger partial charge in [0.1, 0.15) is 0 Å². The number of carbonyl (C=O) groups is 1. The first-order chi connectivity index (χ1) is 13.5. The number of aromatic nitrogens is 1. The van der Waals surface area contributed by atoms with Crippen LogP contribution in [0.25, 0.3) is 22.0 Å². The maximum absolute atomic E-state index is 11.4. The molecule has 3 nitrogen and oxygen atoms in total. The molecule has 0 aliphatic carbocycles. The van der Waals surface area contributed by atoms with Crippen LogP contribution in [0, 0.1) is 6.07 Å². The van der Waals surface area contributed by atoms with E-state index in [0.717, 1.165) is 11.3 Å². The number of carbonyl (C=O) groups excluding carboxylic acids is 1. The van der Waals surface area contributed by atoms with Crippen molar-refractivity contribution in [2.24, 2.45) is 0 Å². The molecule has 10 heteroatoms. The van der Waals surface area contributed by atoms with Crippen molar-refractivity contribution in [3.8, 4) is 11.3 Å². The van der Waals surface area contributed by atoms with Crippen LogP contribution >= 0.6 is 0 Å². The third kappa shape index (κ3) is 7.27. The van der Waals surface area contributed by atoms with Crippen molar-refractivity contribution in [3.05, 3.63) is 78.7 Å². The number of aliphatic hydroxyl groups is 1. The second-order valence-corrected chi connectivity index (χ2v) is 5.58. The largest absolute Gasteiger partial charge is 0.504 e. The molecule has 0 amide bonds. The van der Waals surface area contributed by atoms with Crippen molar-refractivity contribution in [2.45, 2.75) is 12.4 Å². The van der Waals surface area contributed by atoms with Crippen LogP contribution in [0.1, 0.15) is 0 Å². The summed E-state index contributed by atoms with van der Waals surface area (Å²) in [6.07, 6.45) is -9.77. The predicted octanol–water partition coefficient (Wildman–Crippen LogP) is 5.82. The van der Waals surface area contributed by atoms with Gasteiger partial charge < -0.3 is 10.1 Å². The fourth-order valence-electron chi connectivity index (χ4n) is 2.07. The summed E-state index contributed by atoms with van der Waals surface area (Å²) in [6, 6.07) is 21.4. The number of aliphatic hydroxyl groups excluding tert-OH is 1. The summed E-state index contributed by atoms with van der Waals surface area (Å²) in [4.78, 5) is 14.3. The summed E-state index contributed by atoms with van der Waals surface area (Å²) in [5.74, 6) is -5.34. The van der Waals surface area contributed by atoms with Crippen LogP contribution in [0.5, 0.6) is 0 Å². The molecule has 1 N–H and O–H groups in total. The number of hydrogen-bond acceptors (Lipinski definition) is 3. The summed E-state index contributed by atoms with van der Waals surface area (Å²) in [7, 11) is 0. The molecule has 0 saturated carbocycles. The van der Waals surface area contributed by atoms with Crippen LogP contribution in [-0.4, -0.2) is 28.2 Å². The molecule has 161 valence electrons. The van der Waals surface area contributed by atoms with Crippen LogP contribution in [-0.2, 0) is 24.9 Å². The van der Waals surface area contributed by atoms with Gasteiger partial charge in [-0.2, -0.15) is 26.3 Å². The van der Waals surface area contributed by atoms with Gasteiger partial charge in [0.15, 0.2) is 0 Å². The van der Waals surface area contributed by atoms with Crippen LogP contribution < -0.4 is 0 Å². The average molecular weight is 605 g/mol. The third-order valence-corrected chi connectivity index (χ3v) is 3.45. The predicted molar refractivity (Wildman–Crippen MR) is 93.8 cm³/mol. The van der Waals surface area contributed by atoms with E-state index in [0.29, 0.717) is 0 Å². The molecule has 3 rings (SSSR count). The summed E-state index contributed by atoms with van der Waals surface area (Å²) >= 11 is 0. The zero-order chi connectivity index (χ0) is 21.7. The Balaban J connectivity index is 0.000000299. The number of benzene rings is 2. The van der Waals surface area contributed by atoms with Gasteiger partial charge in [0, 0.05) is 32.4 Å². The zero-order valence-electron chi connectivity index (χ0n) is 14.8. The Labute approximate surface area is 180 Å². The van der Waals surface area contributed by atoms with Gasteiger partial charge in [0.05, 0.1) is 0 Å². The van der Waals surface area contributed by atoms with Crippen molar-refractivity contribution in [1.82, 2.24) is 4.98 Å². The van der Waals surface area contributed by atoms with Crippen molar-refractivity contribution in [3.63, 3.8) is 0 Å². The number of alkyl halides is 6. The first kappa shape index (κ1) is 25.3. The minimum atomic E-state index is -5.42. The van der Waals surface area contributed by atoms with Crippen LogP contribution in [0.15, 0.2) is 72.6 Å². The van der Waals surface area contributed by atoms with Crippen molar-refractivity contribution in [1.29, 1.82) is 0 Å². The van der Waals surface area contributed by atoms with Gasteiger partial charge in [-0.3, -0.25) is 4.79 Å². The Morgan fingerprint density at radius 2 is 1.53 bits per heavy atom. The molecule has 0 atom stereocenters. The summed E-state index contributed by atoms with van der Waals surface area (Å²) in [5, 5.41) is 10.3. The second-order valence-electron chi connectivity index (χ2n) is 5.58. The van der Waals surface area contributed by atoms with E-state index in [1.165, 1.54) is 10.8 Å². The maximum atomic E-state index is 11.4. The van der Waals surface area contributed by atoms with Crippen LogP contribution in [0.4, 0.5) is 26.3 Å². The molecule has 3 aromatic rings. The van der Waals surface area contributed by atoms with E-state index in [2.05, 4.69) is 29.2 Å². The van der Waals surface area contributed by atoms with Crippen molar-refractivity contribution < 1.29 is 56.3 Å². The van der Waals surface area contributed by atoms with Gasteiger partial charge in [-0.15, -0.1) is 35.9 Å². The number of halogens is 6. The number of allylic oxidation sites excluding steroid dienone is 2. The van der Waals surface area contributed by atoms with E-state index in [4.69, 9.17) is 5.11 Å².